The summed E-state index contributed by atoms with van der Waals surface area (Å²) in [6.45, 7) is 4.62. The first kappa shape index (κ1) is 33.6. The van der Waals surface area contributed by atoms with Crippen molar-refractivity contribution in [2.24, 2.45) is 5.92 Å². The zero-order valence-electron chi connectivity index (χ0n) is 25.7. The summed E-state index contributed by atoms with van der Waals surface area (Å²) >= 11 is 0. The minimum atomic E-state index is -0.877. The summed E-state index contributed by atoms with van der Waals surface area (Å²) in [6, 6.07) is 13.3. The van der Waals surface area contributed by atoms with Crippen molar-refractivity contribution >= 4 is 35.9 Å². The van der Waals surface area contributed by atoms with Crippen LogP contribution < -0.4 is 10.6 Å². The van der Waals surface area contributed by atoms with Crippen molar-refractivity contribution in [2.75, 3.05) is 26.7 Å². The second kappa shape index (κ2) is 14.7. The molecule has 3 amide bonds. The largest absolute Gasteiger partial charge is 0.390 e. The van der Waals surface area contributed by atoms with E-state index in [2.05, 4.69) is 22.5 Å². The van der Waals surface area contributed by atoms with Crippen LogP contribution in [0.15, 0.2) is 48.5 Å². The van der Waals surface area contributed by atoms with Gasteiger partial charge in [-0.25, -0.2) is 0 Å². The number of rotatable bonds is 10. The van der Waals surface area contributed by atoms with Crippen LogP contribution in [0, 0.1) is 5.92 Å². The van der Waals surface area contributed by atoms with Crippen molar-refractivity contribution in [1.29, 1.82) is 0 Å². The number of hydrogen-bond donors (Lipinski definition) is 3. The van der Waals surface area contributed by atoms with Gasteiger partial charge in [-0.1, -0.05) is 62.6 Å². The molecule has 0 bridgehead atoms. The molecule has 10 heteroatoms. The number of hydrogen-bond acceptors (Lipinski definition) is 6. The minimum Gasteiger partial charge on any atom is -0.390 e. The summed E-state index contributed by atoms with van der Waals surface area (Å²) in [5.41, 5.74) is 1.79. The highest BCUT2D eigenvalue weighted by atomic mass is 35.5. The van der Waals surface area contributed by atoms with Gasteiger partial charge >= 0.3 is 0 Å². The molecular formula is C34H45ClN4O5. The van der Waals surface area contributed by atoms with Gasteiger partial charge in [0.15, 0.2) is 5.78 Å². The van der Waals surface area contributed by atoms with E-state index in [1.54, 1.807) is 36.2 Å². The number of piperidine rings is 1. The van der Waals surface area contributed by atoms with Crippen molar-refractivity contribution in [3.8, 4) is 0 Å². The molecule has 1 spiro atoms. The Morgan fingerprint density at radius 3 is 2.11 bits per heavy atom. The van der Waals surface area contributed by atoms with E-state index in [1.807, 2.05) is 24.3 Å². The van der Waals surface area contributed by atoms with E-state index in [1.165, 1.54) is 0 Å². The molecule has 44 heavy (non-hydrogen) atoms. The third-order valence-corrected chi connectivity index (χ3v) is 9.66. The molecule has 2 heterocycles. The van der Waals surface area contributed by atoms with Gasteiger partial charge in [-0.2, -0.15) is 0 Å². The number of nitrogens with zero attached hydrogens (tertiary/aromatic N) is 2. The fraction of sp³-hybridized carbons (Fsp3) is 0.529. The molecule has 2 saturated heterocycles. The summed E-state index contributed by atoms with van der Waals surface area (Å²) < 4.78 is 0. The van der Waals surface area contributed by atoms with Crippen LogP contribution in [0.1, 0.15) is 90.1 Å². The number of halogens is 1. The Morgan fingerprint density at radius 1 is 0.977 bits per heavy atom. The lowest BCUT2D eigenvalue weighted by atomic mass is 9.80. The molecular weight excluding hydrogens is 580 g/mol. The first-order valence-electron chi connectivity index (χ1n) is 15.8. The number of amides is 3. The number of likely N-dealkylation sites (tertiary alicyclic amines) is 1. The molecule has 2 aromatic rings. The molecule has 3 aliphatic rings. The summed E-state index contributed by atoms with van der Waals surface area (Å²) in [5, 5.41) is 16.6. The Kier molecular flexibility index (Phi) is 11.2. The van der Waals surface area contributed by atoms with E-state index in [0.717, 1.165) is 44.1 Å². The maximum Gasteiger partial charge on any atom is 0.251 e. The normalized spacial score (nSPS) is 21.1. The van der Waals surface area contributed by atoms with Crippen LogP contribution in [-0.2, 0) is 16.1 Å². The third kappa shape index (κ3) is 6.85. The van der Waals surface area contributed by atoms with Crippen LogP contribution in [-0.4, -0.2) is 82.8 Å². The Morgan fingerprint density at radius 2 is 1.55 bits per heavy atom. The number of carbonyl (C=O) groups excluding carboxylic acids is 4. The first-order valence-corrected chi connectivity index (χ1v) is 15.8. The fourth-order valence-corrected chi connectivity index (χ4v) is 6.96. The summed E-state index contributed by atoms with van der Waals surface area (Å²) in [6.07, 6.45) is 5.91. The molecule has 0 radical (unpaired) electrons. The molecule has 2 atom stereocenters. The number of aliphatic hydroxyl groups excluding tert-OH is 1. The van der Waals surface area contributed by atoms with Crippen molar-refractivity contribution in [3.63, 3.8) is 0 Å². The average Bonchev–Trinajstić information content (AvgIpc) is 3.58. The van der Waals surface area contributed by atoms with Gasteiger partial charge in [0.1, 0.15) is 11.6 Å². The van der Waals surface area contributed by atoms with Crippen molar-refractivity contribution in [2.45, 2.75) is 82.5 Å². The molecule has 1 aliphatic carbocycles. The molecule has 5 rings (SSSR count). The highest BCUT2D eigenvalue weighted by Gasteiger charge is 2.55. The highest BCUT2D eigenvalue weighted by Crippen LogP contribution is 2.36. The number of carbonyl (C=O) groups is 4. The number of aliphatic hydroxyl groups is 1. The Bertz CT molecular complexity index is 1320. The summed E-state index contributed by atoms with van der Waals surface area (Å²) in [5.74, 6) is -0.500. The summed E-state index contributed by atoms with van der Waals surface area (Å²) in [4.78, 5) is 56.3. The first-order chi connectivity index (χ1) is 20.8. The molecule has 9 nitrogen and oxygen atoms in total. The Balaban J connectivity index is 0.00000442. The lowest BCUT2D eigenvalue weighted by Gasteiger charge is -2.52. The number of benzene rings is 2. The molecule has 3 fully saturated rings. The zero-order valence-corrected chi connectivity index (χ0v) is 26.5. The van der Waals surface area contributed by atoms with E-state index >= 15 is 0 Å². The lowest BCUT2D eigenvalue weighted by molar-refractivity contribution is -0.165. The molecule has 0 unspecified atom stereocenters. The van der Waals surface area contributed by atoms with Crippen LogP contribution in [0.3, 0.4) is 0 Å². The zero-order chi connectivity index (χ0) is 30.6. The maximum atomic E-state index is 13.8. The van der Waals surface area contributed by atoms with Gasteiger partial charge in [-0.05, 0) is 55.7 Å². The summed E-state index contributed by atoms with van der Waals surface area (Å²) in [7, 11) is 1.57. The number of piperazine rings is 1. The molecule has 3 N–H and O–H groups in total. The van der Waals surface area contributed by atoms with Gasteiger partial charge in [0.05, 0.1) is 6.10 Å². The fourth-order valence-electron chi connectivity index (χ4n) is 6.96. The third-order valence-electron chi connectivity index (χ3n) is 9.66. The highest BCUT2D eigenvalue weighted by molar-refractivity contribution is 6.09. The van der Waals surface area contributed by atoms with Gasteiger partial charge in [0.25, 0.3) is 5.91 Å². The molecule has 2 aromatic carbocycles. The second-order valence-corrected chi connectivity index (χ2v) is 12.3. The minimum absolute atomic E-state index is 0. The maximum absolute atomic E-state index is 13.8. The van der Waals surface area contributed by atoms with Crippen LogP contribution in [0.4, 0.5) is 0 Å². The van der Waals surface area contributed by atoms with Gasteiger partial charge in [-0.3, -0.25) is 24.1 Å². The Hall–Kier alpha value is -3.27. The second-order valence-electron chi connectivity index (χ2n) is 12.3. The van der Waals surface area contributed by atoms with Crippen LogP contribution in [0.2, 0.25) is 0 Å². The topological polar surface area (TPSA) is 119 Å². The molecule has 2 aliphatic heterocycles. The molecule has 238 valence electrons. The van der Waals surface area contributed by atoms with E-state index in [9.17, 15) is 24.3 Å². The monoisotopic (exact) mass is 624 g/mol. The average molecular weight is 625 g/mol. The smallest absolute Gasteiger partial charge is 0.251 e. The standard InChI is InChI=1S/C34H44N4O5.ClH/c1-3-4-19-38-32(42)28(30(40)24-7-5-6-8-24)36-33(43)34(38)17-20-37(21-18-34)22-23-9-11-25(12-10-23)29(39)26-13-15-27(16-14-26)31(41)35-2;/h9-16,24,28,30,40H,3-8,17-22H2,1-2H3,(H,35,41)(H,36,43);1H/t28-,30-;/m1./s1. The van der Waals surface area contributed by atoms with E-state index in [4.69, 9.17) is 0 Å². The SMILES string of the molecule is CCCCN1C(=O)[C@@H]([C@H](O)C2CCCC2)NC(=O)C12CCN(Cc1ccc(C(=O)c3ccc(C(=O)NC)cc3)cc1)CC2.Cl. The Labute approximate surface area is 266 Å². The van der Waals surface area contributed by atoms with Crippen LogP contribution in [0.5, 0.6) is 0 Å². The predicted molar refractivity (Wildman–Crippen MR) is 171 cm³/mol. The number of nitrogens with one attached hydrogen (secondary N) is 2. The van der Waals surface area contributed by atoms with Crippen LogP contribution >= 0.6 is 12.4 Å². The van der Waals surface area contributed by atoms with Gasteiger partial charge in [0, 0.05) is 49.9 Å². The predicted octanol–water partition coefficient (Wildman–Crippen LogP) is 3.71. The van der Waals surface area contributed by atoms with Crippen molar-refractivity contribution < 1.29 is 24.3 Å². The van der Waals surface area contributed by atoms with E-state index < -0.39 is 17.7 Å². The quantitative estimate of drug-likeness (QED) is 0.347. The van der Waals surface area contributed by atoms with Crippen molar-refractivity contribution in [1.82, 2.24) is 20.4 Å². The van der Waals surface area contributed by atoms with Gasteiger partial charge in [-0.15, -0.1) is 12.4 Å². The van der Waals surface area contributed by atoms with E-state index in [0.29, 0.717) is 55.7 Å². The van der Waals surface area contributed by atoms with Crippen molar-refractivity contribution in [3.05, 3.63) is 70.8 Å². The van der Waals surface area contributed by atoms with E-state index in [-0.39, 0.29) is 41.8 Å². The molecule has 1 saturated carbocycles. The number of ketones is 1. The lowest BCUT2D eigenvalue weighted by Crippen LogP contribution is -2.75. The van der Waals surface area contributed by atoms with Crippen LogP contribution in [0.25, 0.3) is 0 Å². The molecule has 0 aromatic heterocycles. The van der Waals surface area contributed by atoms with Gasteiger partial charge in [0.2, 0.25) is 11.8 Å². The number of unbranched alkanes of at least 4 members (excludes halogenated alkanes) is 1. The van der Waals surface area contributed by atoms with Gasteiger partial charge < -0.3 is 20.6 Å².